The fourth-order valence-electron chi connectivity index (χ4n) is 2.88. The molecule has 4 aromatic rings. The van der Waals surface area contributed by atoms with Gasteiger partial charge in [-0.1, -0.05) is 53.7 Å². The van der Waals surface area contributed by atoms with Gasteiger partial charge in [-0.05, 0) is 23.6 Å². The van der Waals surface area contributed by atoms with E-state index in [1.165, 1.54) is 6.07 Å². The van der Waals surface area contributed by atoms with Crippen LogP contribution in [0.1, 0.15) is 5.69 Å². The standard InChI is InChI=1S/C21H15FN2O2/c22-18-10-4-3-9-17(18)20-12-15(24-26-20)13-21(25)23-19-11-5-7-14-6-1-2-8-16(14)19/h1-12H,13H2,(H,23,25). The number of aromatic nitrogens is 1. The van der Waals surface area contributed by atoms with E-state index >= 15 is 0 Å². The van der Waals surface area contributed by atoms with Gasteiger partial charge in [-0.15, -0.1) is 0 Å². The molecule has 1 aromatic heterocycles. The fraction of sp³-hybridized carbons (Fsp3) is 0.0476. The Morgan fingerprint density at radius 2 is 1.77 bits per heavy atom. The Balaban J connectivity index is 1.51. The highest BCUT2D eigenvalue weighted by atomic mass is 19.1. The van der Waals surface area contributed by atoms with Gasteiger partial charge in [0.1, 0.15) is 5.82 Å². The van der Waals surface area contributed by atoms with Gasteiger partial charge in [0, 0.05) is 17.1 Å². The van der Waals surface area contributed by atoms with E-state index in [-0.39, 0.29) is 12.3 Å². The van der Waals surface area contributed by atoms with E-state index in [1.807, 2.05) is 42.5 Å². The van der Waals surface area contributed by atoms with Crippen molar-refractivity contribution in [1.82, 2.24) is 5.16 Å². The number of carbonyl (C=O) groups is 1. The third kappa shape index (κ3) is 3.19. The van der Waals surface area contributed by atoms with Gasteiger partial charge >= 0.3 is 0 Å². The number of carbonyl (C=O) groups excluding carboxylic acids is 1. The zero-order valence-electron chi connectivity index (χ0n) is 13.8. The molecule has 0 atom stereocenters. The molecule has 0 aliphatic rings. The number of benzene rings is 3. The molecule has 0 saturated carbocycles. The summed E-state index contributed by atoms with van der Waals surface area (Å²) in [7, 11) is 0. The van der Waals surface area contributed by atoms with Crippen LogP contribution in [0.2, 0.25) is 0 Å². The first-order valence-corrected chi connectivity index (χ1v) is 8.19. The first kappa shape index (κ1) is 16.0. The smallest absolute Gasteiger partial charge is 0.230 e. The van der Waals surface area contributed by atoms with Crippen LogP contribution in [-0.4, -0.2) is 11.1 Å². The van der Waals surface area contributed by atoms with Crippen LogP contribution in [0.15, 0.2) is 77.3 Å². The average Bonchev–Trinajstić information content (AvgIpc) is 3.10. The zero-order valence-corrected chi connectivity index (χ0v) is 13.8. The summed E-state index contributed by atoms with van der Waals surface area (Å²) in [4.78, 5) is 12.4. The van der Waals surface area contributed by atoms with Crippen LogP contribution < -0.4 is 5.32 Å². The topological polar surface area (TPSA) is 55.1 Å². The van der Waals surface area contributed by atoms with Gasteiger partial charge in [0.05, 0.1) is 17.7 Å². The monoisotopic (exact) mass is 346 g/mol. The lowest BCUT2D eigenvalue weighted by Gasteiger charge is -2.07. The number of halogens is 1. The average molecular weight is 346 g/mol. The quantitative estimate of drug-likeness (QED) is 0.577. The summed E-state index contributed by atoms with van der Waals surface area (Å²) in [6, 6.07) is 21.4. The molecule has 4 rings (SSSR count). The lowest BCUT2D eigenvalue weighted by molar-refractivity contribution is -0.115. The maximum absolute atomic E-state index is 13.8. The molecule has 128 valence electrons. The largest absolute Gasteiger partial charge is 0.356 e. The molecule has 0 radical (unpaired) electrons. The molecule has 5 heteroatoms. The number of rotatable bonds is 4. The predicted octanol–water partition coefficient (Wildman–Crippen LogP) is 4.82. The number of nitrogens with one attached hydrogen (secondary N) is 1. The maximum atomic E-state index is 13.8. The third-order valence-electron chi connectivity index (χ3n) is 4.10. The molecule has 0 spiro atoms. The van der Waals surface area contributed by atoms with Crippen molar-refractivity contribution in [1.29, 1.82) is 0 Å². The molecule has 4 nitrogen and oxygen atoms in total. The van der Waals surface area contributed by atoms with Gasteiger partial charge in [-0.3, -0.25) is 4.79 Å². The molecular formula is C21H15FN2O2. The highest BCUT2D eigenvalue weighted by Crippen LogP contribution is 2.25. The number of fused-ring (bicyclic) bond motifs is 1. The number of nitrogens with zero attached hydrogens (tertiary/aromatic N) is 1. The minimum absolute atomic E-state index is 0.0428. The minimum atomic E-state index is -0.393. The van der Waals surface area contributed by atoms with E-state index in [2.05, 4.69) is 10.5 Å². The fourth-order valence-corrected chi connectivity index (χ4v) is 2.88. The first-order valence-electron chi connectivity index (χ1n) is 8.19. The summed E-state index contributed by atoms with van der Waals surface area (Å²) in [6.07, 6.45) is 0.0428. The summed E-state index contributed by atoms with van der Waals surface area (Å²) >= 11 is 0. The van der Waals surface area contributed by atoms with Crippen LogP contribution in [0.4, 0.5) is 10.1 Å². The molecule has 0 aliphatic carbocycles. The molecule has 1 amide bonds. The highest BCUT2D eigenvalue weighted by Gasteiger charge is 2.14. The van der Waals surface area contributed by atoms with Crippen molar-refractivity contribution in [2.24, 2.45) is 0 Å². The van der Waals surface area contributed by atoms with Gasteiger partial charge in [-0.25, -0.2) is 4.39 Å². The molecule has 3 aromatic carbocycles. The first-order chi connectivity index (χ1) is 12.7. The second-order valence-electron chi connectivity index (χ2n) is 5.91. The molecule has 0 unspecified atom stereocenters. The summed E-state index contributed by atoms with van der Waals surface area (Å²) in [5, 5.41) is 8.79. The molecule has 0 bridgehead atoms. The van der Waals surface area contributed by atoms with E-state index in [1.54, 1.807) is 24.3 Å². The second-order valence-corrected chi connectivity index (χ2v) is 5.91. The van der Waals surface area contributed by atoms with Crippen LogP contribution in [0.3, 0.4) is 0 Å². The highest BCUT2D eigenvalue weighted by molar-refractivity contribution is 6.02. The van der Waals surface area contributed by atoms with E-state index in [9.17, 15) is 9.18 Å². The molecule has 26 heavy (non-hydrogen) atoms. The van der Waals surface area contributed by atoms with Crippen LogP contribution in [0.5, 0.6) is 0 Å². The molecule has 1 heterocycles. The predicted molar refractivity (Wildman–Crippen MR) is 98.2 cm³/mol. The Hall–Kier alpha value is -3.47. The summed E-state index contributed by atoms with van der Waals surface area (Å²) in [5.74, 6) is -0.304. The van der Waals surface area contributed by atoms with Crippen molar-refractivity contribution in [2.75, 3.05) is 5.32 Å². The number of amides is 1. The van der Waals surface area contributed by atoms with E-state index < -0.39 is 5.82 Å². The molecule has 0 saturated heterocycles. The Morgan fingerprint density at radius 1 is 1.00 bits per heavy atom. The van der Waals surface area contributed by atoms with Crippen molar-refractivity contribution in [2.45, 2.75) is 6.42 Å². The van der Waals surface area contributed by atoms with Gasteiger partial charge in [0.25, 0.3) is 0 Å². The van der Waals surface area contributed by atoms with Crippen molar-refractivity contribution >= 4 is 22.4 Å². The van der Waals surface area contributed by atoms with Crippen molar-refractivity contribution in [3.63, 3.8) is 0 Å². The lowest BCUT2D eigenvalue weighted by atomic mass is 10.1. The maximum Gasteiger partial charge on any atom is 0.230 e. The van der Waals surface area contributed by atoms with Gasteiger partial charge in [0.2, 0.25) is 5.91 Å². The van der Waals surface area contributed by atoms with Gasteiger partial charge in [0.15, 0.2) is 5.76 Å². The third-order valence-corrected chi connectivity index (χ3v) is 4.10. The molecule has 0 fully saturated rings. The Bertz CT molecular complexity index is 1080. The number of hydrogen-bond acceptors (Lipinski definition) is 3. The number of hydrogen-bond donors (Lipinski definition) is 1. The lowest BCUT2D eigenvalue weighted by Crippen LogP contribution is -2.14. The van der Waals surface area contributed by atoms with E-state index in [0.717, 1.165) is 16.5 Å². The normalized spacial score (nSPS) is 10.8. The molecular weight excluding hydrogens is 331 g/mol. The van der Waals surface area contributed by atoms with Gasteiger partial charge in [-0.2, -0.15) is 0 Å². The second kappa shape index (κ2) is 6.80. The minimum Gasteiger partial charge on any atom is -0.356 e. The van der Waals surface area contributed by atoms with Gasteiger partial charge < -0.3 is 9.84 Å². The summed E-state index contributed by atoms with van der Waals surface area (Å²) in [5.41, 5.74) is 1.51. The Kier molecular flexibility index (Phi) is 4.19. The van der Waals surface area contributed by atoms with E-state index in [0.29, 0.717) is 17.0 Å². The molecule has 0 aliphatic heterocycles. The van der Waals surface area contributed by atoms with Crippen molar-refractivity contribution in [3.05, 3.63) is 84.3 Å². The van der Waals surface area contributed by atoms with Crippen molar-refractivity contribution in [3.8, 4) is 11.3 Å². The van der Waals surface area contributed by atoms with Crippen LogP contribution >= 0.6 is 0 Å². The summed E-state index contributed by atoms with van der Waals surface area (Å²) in [6.45, 7) is 0. The van der Waals surface area contributed by atoms with Crippen LogP contribution in [0.25, 0.3) is 22.1 Å². The Labute approximate surface area is 149 Å². The Morgan fingerprint density at radius 3 is 2.65 bits per heavy atom. The van der Waals surface area contributed by atoms with E-state index in [4.69, 9.17) is 4.52 Å². The summed E-state index contributed by atoms with van der Waals surface area (Å²) < 4.78 is 19.0. The van der Waals surface area contributed by atoms with Crippen molar-refractivity contribution < 1.29 is 13.7 Å². The zero-order chi connectivity index (χ0) is 17.9. The molecule has 1 N–H and O–H groups in total. The van der Waals surface area contributed by atoms with Crippen LogP contribution in [0, 0.1) is 5.82 Å². The SMILES string of the molecule is O=C(Cc1cc(-c2ccccc2F)on1)Nc1cccc2ccccc12. The number of anilines is 1. The van der Waals surface area contributed by atoms with Crippen LogP contribution in [-0.2, 0) is 11.2 Å².